The summed E-state index contributed by atoms with van der Waals surface area (Å²) in [7, 11) is 0. The number of carboxylic acid groups (broad SMARTS) is 1. The van der Waals surface area contributed by atoms with Gasteiger partial charge in [-0.3, -0.25) is 14.7 Å². The van der Waals surface area contributed by atoms with Crippen molar-refractivity contribution in [2.45, 2.75) is 33.4 Å². The van der Waals surface area contributed by atoms with Gasteiger partial charge < -0.3 is 5.11 Å². The lowest BCUT2D eigenvalue weighted by Crippen LogP contribution is -2.36. The molecule has 0 fully saturated rings. The van der Waals surface area contributed by atoms with E-state index in [1.165, 1.54) is 0 Å². The molecule has 0 spiro atoms. The predicted molar refractivity (Wildman–Crippen MR) is 66.6 cm³/mol. The van der Waals surface area contributed by atoms with Crippen LogP contribution in [0.25, 0.3) is 0 Å². The first kappa shape index (κ1) is 13.6. The summed E-state index contributed by atoms with van der Waals surface area (Å²) in [5.41, 5.74) is 0.971. The molecule has 94 valence electrons. The van der Waals surface area contributed by atoms with Crippen LogP contribution in [0.5, 0.6) is 0 Å². The highest BCUT2D eigenvalue weighted by molar-refractivity contribution is 5.69. The number of hydrogen-bond acceptors (Lipinski definition) is 3. The molecule has 1 unspecified atom stereocenters. The quantitative estimate of drug-likeness (QED) is 0.821. The molecule has 0 amide bonds. The van der Waals surface area contributed by atoms with Gasteiger partial charge >= 0.3 is 5.97 Å². The van der Waals surface area contributed by atoms with Crippen molar-refractivity contribution in [2.75, 3.05) is 6.54 Å². The maximum absolute atomic E-state index is 10.9. The zero-order valence-electron chi connectivity index (χ0n) is 10.6. The molecule has 1 aromatic rings. The molecule has 0 saturated carbocycles. The summed E-state index contributed by atoms with van der Waals surface area (Å²) in [6, 6.07) is 6.09. The van der Waals surface area contributed by atoms with Gasteiger partial charge in [-0.1, -0.05) is 13.0 Å². The third-order valence-corrected chi connectivity index (χ3v) is 2.75. The minimum absolute atomic E-state index is 0.304. The molecule has 1 heterocycles. The van der Waals surface area contributed by atoms with Gasteiger partial charge in [-0.15, -0.1) is 0 Å². The lowest BCUT2D eigenvalue weighted by atomic mass is 10.1. The Morgan fingerprint density at radius 1 is 1.41 bits per heavy atom. The number of carboxylic acids is 1. The lowest BCUT2D eigenvalue weighted by Gasteiger charge is -2.27. The Labute approximate surface area is 102 Å². The van der Waals surface area contributed by atoms with Crippen LogP contribution in [-0.2, 0) is 11.3 Å². The lowest BCUT2D eigenvalue weighted by molar-refractivity contribution is -0.141. The molecule has 4 nitrogen and oxygen atoms in total. The molecule has 4 heteroatoms. The van der Waals surface area contributed by atoms with Gasteiger partial charge in [-0.05, 0) is 26.0 Å². The normalized spacial score (nSPS) is 13.0. The molecule has 0 saturated heterocycles. The second-order valence-corrected chi connectivity index (χ2v) is 4.58. The summed E-state index contributed by atoms with van der Waals surface area (Å²) in [6.45, 7) is 7.10. The predicted octanol–water partition coefficient (Wildman–Crippen LogP) is 2.01. The van der Waals surface area contributed by atoms with E-state index >= 15 is 0 Å². The fourth-order valence-electron chi connectivity index (χ4n) is 1.59. The Bertz CT molecular complexity index is 352. The molecule has 1 aromatic heterocycles. The van der Waals surface area contributed by atoms with Gasteiger partial charge in [-0.25, -0.2) is 0 Å². The van der Waals surface area contributed by atoms with E-state index in [-0.39, 0.29) is 5.92 Å². The summed E-state index contributed by atoms with van der Waals surface area (Å²) in [5, 5.41) is 8.94. The summed E-state index contributed by atoms with van der Waals surface area (Å²) in [4.78, 5) is 17.3. The maximum atomic E-state index is 10.9. The SMILES string of the molecule is CC(CN(Cc1ccccn1)C(C)C)C(=O)O. The van der Waals surface area contributed by atoms with Gasteiger partial charge in [0.15, 0.2) is 0 Å². The molecule has 0 aromatic carbocycles. The van der Waals surface area contributed by atoms with Crippen molar-refractivity contribution in [1.82, 2.24) is 9.88 Å². The smallest absolute Gasteiger partial charge is 0.307 e. The van der Waals surface area contributed by atoms with E-state index in [9.17, 15) is 4.79 Å². The van der Waals surface area contributed by atoms with Crippen molar-refractivity contribution >= 4 is 5.97 Å². The maximum Gasteiger partial charge on any atom is 0.307 e. The zero-order valence-corrected chi connectivity index (χ0v) is 10.6. The van der Waals surface area contributed by atoms with Gasteiger partial charge in [0.2, 0.25) is 0 Å². The molecular weight excluding hydrogens is 216 g/mol. The van der Waals surface area contributed by atoms with E-state index in [0.717, 1.165) is 5.69 Å². The topological polar surface area (TPSA) is 53.4 Å². The first-order valence-corrected chi connectivity index (χ1v) is 5.87. The van der Waals surface area contributed by atoms with E-state index < -0.39 is 5.97 Å². The third kappa shape index (κ3) is 4.53. The number of nitrogens with zero attached hydrogens (tertiary/aromatic N) is 2. The number of rotatable bonds is 6. The van der Waals surface area contributed by atoms with Crippen LogP contribution < -0.4 is 0 Å². The molecule has 1 rings (SSSR count). The van der Waals surface area contributed by atoms with Crippen LogP contribution in [0.2, 0.25) is 0 Å². The second kappa shape index (κ2) is 6.35. The largest absolute Gasteiger partial charge is 0.481 e. The van der Waals surface area contributed by atoms with E-state index in [2.05, 4.69) is 23.7 Å². The van der Waals surface area contributed by atoms with Crippen LogP contribution in [0, 0.1) is 5.92 Å². The fraction of sp³-hybridized carbons (Fsp3) is 0.538. The number of aliphatic carboxylic acids is 1. The number of hydrogen-bond donors (Lipinski definition) is 1. The summed E-state index contributed by atoms with van der Waals surface area (Å²) < 4.78 is 0. The first-order valence-electron chi connectivity index (χ1n) is 5.87. The summed E-state index contributed by atoms with van der Waals surface area (Å²) >= 11 is 0. The van der Waals surface area contributed by atoms with Crippen LogP contribution in [0.3, 0.4) is 0 Å². The van der Waals surface area contributed by atoms with Gasteiger partial charge in [0.25, 0.3) is 0 Å². The van der Waals surface area contributed by atoms with Crippen molar-refractivity contribution in [1.29, 1.82) is 0 Å². The molecular formula is C13H20N2O2. The van der Waals surface area contributed by atoms with Crippen molar-refractivity contribution in [2.24, 2.45) is 5.92 Å². The molecule has 1 atom stereocenters. The summed E-state index contributed by atoms with van der Waals surface area (Å²) in [6.07, 6.45) is 1.76. The molecule has 0 aliphatic heterocycles. The van der Waals surface area contributed by atoms with Crippen molar-refractivity contribution in [3.05, 3.63) is 30.1 Å². The Morgan fingerprint density at radius 3 is 2.59 bits per heavy atom. The van der Waals surface area contributed by atoms with Gasteiger partial charge in [0.05, 0.1) is 11.6 Å². The van der Waals surface area contributed by atoms with E-state index in [4.69, 9.17) is 5.11 Å². The van der Waals surface area contributed by atoms with Crippen molar-refractivity contribution < 1.29 is 9.90 Å². The highest BCUT2D eigenvalue weighted by atomic mass is 16.4. The molecule has 17 heavy (non-hydrogen) atoms. The highest BCUT2D eigenvalue weighted by Gasteiger charge is 2.18. The summed E-state index contributed by atoms with van der Waals surface area (Å²) in [5.74, 6) is -1.11. The fourth-order valence-corrected chi connectivity index (χ4v) is 1.59. The van der Waals surface area contributed by atoms with Gasteiger partial charge in [0, 0.05) is 25.3 Å². The average molecular weight is 236 g/mol. The number of carbonyl (C=O) groups is 1. The van der Waals surface area contributed by atoms with Crippen LogP contribution in [0.1, 0.15) is 26.5 Å². The van der Waals surface area contributed by atoms with Gasteiger partial charge in [-0.2, -0.15) is 0 Å². The standard InChI is InChI=1S/C13H20N2O2/c1-10(2)15(8-11(3)13(16)17)9-12-6-4-5-7-14-12/h4-7,10-11H,8-9H2,1-3H3,(H,16,17). The van der Waals surface area contributed by atoms with Crippen molar-refractivity contribution in [3.8, 4) is 0 Å². The van der Waals surface area contributed by atoms with E-state index in [1.807, 2.05) is 18.2 Å². The molecule has 0 radical (unpaired) electrons. The Kier molecular flexibility index (Phi) is 5.10. The monoisotopic (exact) mass is 236 g/mol. The van der Waals surface area contributed by atoms with Crippen molar-refractivity contribution in [3.63, 3.8) is 0 Å². The molecule has 0 aliphatic rings. The average Bonchev–Trinajstić information content (AvgIpc) is 2.29. The minimum Gasteiger partial charge on any atom is -0.481 e. The minimum atomic E-state index is -0.753. The first-order chi connectivity index (χ1) is 8.00. The molecule has 0 bridgehead atoms. The second-order valence-electron chi connectivity index (χ2n) is 4.58. The Morgan fingerprint density at radius 2 is 2.12 bits per heavy atom. The Hall–Kier alpha value is -1.42. The van der Waals surface area contributed by atoms with Crippen LogP contribution in [-0.4, -0.2) is 33.5 Å². The van der Waals surface area contributed by atoms with E-state index in [0.29, 0.717) is 19.1 Å². The third-order valence-electron chi connectivity index (χ3n) is 2.75. The highest BCUT2D eigenvalue weighted by Crippen LogP contribution is 2.09. The zero-order chi connectivity index (χ0) is 12.8. The number of aromatic nitrogens is 1. The Balaban J connectivity index is 2.64. The molecule has 1 N–H and O–H groups in total. The van der Waals surface area contributed by atoms with Gasteiger partial charge in [0.1, 0.15) is 0 Å². The molecule has 0 aliphatic carbocycles. The van der Waals surface area contributed by atoms with Crippen LogP contribution in [0.4, 0.5) is 0 Å². The van der Waals surface area contributed by atoms with Crippen LogP contribution >= 0.6 is 0 Å². The number of pyridine rings is 1. The van der Waals surface area contributed by atoms with E-state index in [1.54, 1.807) is 13.1 Å². The van der Waals surface area contributed by atoms with Crippen LogP contribution in [0.15, 0.2) is 24.4 Å².